The second kappa shape index (κ2) is 6.89. The number of amides is 2. The molecule has 0 radical (unpaired) electrons. The molecule has 0 fully saturated rings. The number of terminal acetylenes is 1. The van der Waals surface area contributed by atoms with E-state index in [0.29, 0.717) is 0 Å². The maximum Gasteiger partial charge on any atom is 0.405 e. The first-order valence-electron chi connectivity index (χ1n) is 7.96. The third kappa shape index (κ3) is 3.61. The number of nitrogens with one attached hydrogen (secondary N) is 2. The zero-order valence-corrected chi connectivity index (χ0v) is 14.7. The van der Waals surface area contributed by atoms with Crippen LogP contribution in [-0.4, -0.2) is 29.1 Å². The van der Waals surface area contributed by atoms with Gasteiger partial charge in [0, 0.05) is 28.9 Å². The molecule has 0 aliphatic heterocycles. The number of aromatic nitrogens is 1. The van der Waals surface area contributed by atoms with E-state index in [1.165, 1.54) is 0 Å². The summed E-state index contributed by atoms with van der Waals surface area (Å²) in [5, 5.41) is 3.58. The maximum absolute atomic E-state index is 12.9. The van der Waals surface area contributed by atoms with Crippen molar-refractivity contribution in [3.05, 3.63) is 36.0 Å². The summed E-state index contributed by atoms with van der Waals surface area (Å²) in [6.45, 7) is 5.49. The van der Waals surface area contributed by atoms with E-state index in [2.05, 4.69) is 16.2 Å². The highest BCUT2D eigenvalue weighted by atomic mass is 16.6. The van der Waals surface area contributed by atoms with Crippen molar-refractivity contribution in [3.63, 3.8) is 0 Å². The first kappa shape index (κ1) is 18.4. The van der Waals surface area contributed by atoms with Crippen LogP contribution in [0, 0.1) is 17.8 Å². The SMILES string of the molecule is C#CCNC(=O)[C@](Cc1c[nH]c2ccccc12)(OC(N)=O)C(C)(C)C. The fraction of sp³-hybridized carbons (Fsp3) is 0.368. The number of benzene rings is 1. The van der Waals surface area contributed by atoms with Gasteiger partial charge in [0.05, 0.1) is 6.54 Å². The van der Waals surface area contributed by atoms with Crippen LogP contribution in [0.1, 0.15) is 26.3 Å². The van der Waals surface area contributed by atoms with Crippen LogP contribution in [0.4, 0.5) is 4.79 Å². The van der Waals surface area contributed by atoms with Gasteiger partial charge in [0.2, 0.25) is 5.60 Å². The number of carbonyl (C=O) groups excluding carboxylic acids is 2. The van der Waals surface area contributed by atoms with Crippen molar-refractivity contribution in [1.29, 1.82) is 0 Å². The molecule has 4 N–H and O–H groups in total. The minimum atomic E-state index is -1.50. The van der Waals surface area contributed by atoms with Crippen molar-refractivity contribution >= 4 is 22.9 Å². The minimum Gasteiger partial charge on any atom is -0.432 e. The van der Waals surface area contributed by atoms with Gasteiger partial charge in [-0.3, -0.25) is 4.79 Å². The molecule has 0 saturated carbocycles. The van der Waals surface area contributed by atoms with Gasteiger partial charge >= 0.3 is 6.09 Å². The second-order valence-corrected chi connectivity index (χ2v) is 6.92. The number of aromatic amines is 1. The molecule has 2 aromatic rings. The van der Waals surface area contributed by atoms with Crippen molar-refractivity contribution in [2.45, 2.75) is 32.8 Å². The van der Waals surface area contributed by atoms with Crippen LogP contribution in [0.2, 0.25) is 0 Å². The number of rotatable bonds is 5. The topological polar surface area (TPSA) is 97.2 Å². The summed E-state index contributed by atoms with van der Waals surface area (Å²) in [6, 6.07) is 7.70. The molecule has 1 heterocycles. The molecule has 0 unspecified atom stereocenters. The molecular formula is C19H23N3O3. The van der Waals surface area contributed by atoms with Crippen molar-refractivity contribution in [2.75, 3.05) is 6.54 Å². The molecule has 0 spiro atoms. The Kier molecular flexibility index (Phi) is 5.07. The molecule has 25 heavy (non-hydrogen) atoms. The van der Waals surface area contributed by atoms with Gasteiger partial charge in [0.25, 0.3) is 5.91 Å². The van der Waals surface area contributed by atoms with Gasteiger partial charge in [-0.15, -0.1) is 6.42 Å². The quantitative estimate of drug-likeness (QED) is 0.728. The van der Waals surface area contributed by atoms with Crippen LogP contribution in [-0.2, 0) is 16.0 Å². The van der Waals surface area contributed by atoms with Gasteiger partial charge in [-0.25, -0.2) is 4.79 Å². The number of hydrogen-bond acceptors (Lipinski definition) is 3. The predicted octanol–water partition coefficient (Wildman–Crippen LogP) is 2.34. The lowest BCUT2D eigenvalue weighted by atomic mass is 9.72. The Morgan fingerprint density at radius 3 is 2.60 bits per heavy atom. The Bertz CT molecular complexity index is 826. The summed E-state index contributed by atoms with van der Waals surface area (Å²) in [4.78, 5) is 27.7. The van der Waals surface area contributed by atoms with Gasteiger partial charge < -0.3 is 20.8 Å². The zero-order chi connectivity index (χ0) is 18.7. The third-order valence-corrected chi connectivity index (χ3v) is 4.32. The van der Waals surface area contributed by atoms with E-state index < -0.39 is 23.0 Å². The van der Waals surface area contributed by atoms with E-state index >= 15 is 0 Å². The molecule has 132 valence electrons. The molecule has 6 heteroatoms. The van der Waals surface area contributed by atoms with Gasteiger partial charge in [-0.1, -0.05) is 44.9 Å². The Hall–Kier alpha value is -2.94. The number of H-pyrrole nitrogens is 1. The number of nitrogens with two attached hydrogens (primary N) is 1. The summed E-state index contributed by atoms with van der Waals surface area (Å²) in [5.74, 6) is 1.88. The summed E-state index contributed by atoms with van der Waals surface area (Å²) in [5.41, 5.74) is 4.85. The van der Waals surface area contributed by atoms with E-state index in [1.54, 1.807) is 0 Å². The van der Waals surface area contributed by atoms with Gasteiger partial charge in [0.1, 0.15) is 0 Å². The molecule has 0 aliphatic rings. The van der Waals surface area contributed by atoms with Crippen LogP contribution in [0.5, 0.6) is 0 Å². The normalized spacial score (nSPS) is 13.7. The van der Waals surface area contributed by atoms with Gasteiger partial charge in [-0.2, -0.15) is 0 Å². The first-order chi connectivity index (χ1) is 11.7. The van der Waals surface area contributed by atoms with Crippen molar-refractivity contribution in [3.8, 4) is 12.3 Å². The Balaban J connectivity index is 2.54. The molecular weight excluding hydrogens is 318 g/mol. The molecule has 0 saturated heterocycles. The minimum absolute atomic E-state index is 0.0344. The van der Waals surface area contributed by atoms with E-state index in [9.17, 15) is 9.59 Å². The van der Waals surface area contributed by atoms with Crippen molar-refractivity contribution < 1.29 is 14.3 Å². The fourth-order valence-corrected chi connectivity index (χ4v) is 2.91. The third-order valence-electron chi connectivity index (χ3n) is 4.32. The maximum atomic E-state index is 12.9. The molecule has 2 amide bonds. The van der Waals surface area contributed by atoms with Crippen molar-refractivity contribution in [1.82, 2.24) is 10.3 Å². The van der Waals surface area contributed by atoms with E-state index in [1.807, 2.05) is 51.2 Å². The number of fused-ring (bicyclic) bond motifs is 1. The number of carbonyl (C=O) groups is 2. The summed E-state index contributed by atoms with van der Waals surface area (Å²) in [6.07, 6.45) is 6.21. The lowest BCUT2D eigenvalue weighted by Gasteiger charge is -2.41. The first-order valence-corrected chi connectivity index (χ1v) is 7.96. The number of hydrogen-bond donors (Lipinski definition) is 3. The molecule has 1 aromatic heterocycles. The average Bonchev–Trinajstić information content (AvgIpc) is 2.93. The fourth-order valence-electron chi connectivity index (χ4n) is 2.91. The summed E-state index contributed by atoms with van der Waals surface area (Å²) >= 11 is 0. The molecule has 1 aromatic carbocycles. The lowest BCUT2D eigenvalue weighted by molar-refractivity contribution is -0.151. The Labute approximate surface area is 147 Å². The van der Waals surface area contributed by atoms with Crippen LogP contribution in [0.25, 0.3) is 10.9 Å². The number of ether oxygens (including phenoxy) is 1. The average molecular weight is 341 g/mol. The smallest absolute Gasteiger partial charge is 0.405 e. The molecule has 0 bridgehead atoms. The molecule has 6 nitrogen and oxygen atoms in total. The van der Waals surface area contributed by atoms with Crippen molar-refractivity contribution in [2.24, 2.45) is 11.1 Å². The highest BCUT2D eigenvalue weighted by Gasteiger charge is 2.52. The Morgan fingerprint density at radius 1 is 1.32 bits per heavy atom. The van der Waals surface area contributed by atoms with Crippen LogP contribution >= 0.6 is 0 Å². The predicted molar refractivity (Wildman–Crippen MR) is 96.7 cm³/mol. The number of para-hydroxylation sites is 1. The molecule has 1 atom stereocenters. The largest absolute Gasteiger partial charge is 0.432 e. The van der Waals surface area contributed by atoms with Crippen LogP contribution < -0.4 is 11.1 Å². The standard InChI is InChI=1S/C19H23N3O3/c1-5-10-21-16(23)19(18(2,3)4,25-17(20)24)11-13-12-22-15-9-7-6-8-14(13)15/h1,6-9,12,22H,10-11H2,2-4H3,(H2,20,24)(H,21,23)/t19-/m0/s1. The monoisotopic (exact) mass is 341 g/mol. The van der Waals surface area contributed by atoms with E-state index in [4.69, 9.17) is 16.9 Å². The summed E-state index contributed by atoms with van der Waals surface area (Å²) in [7, 11) is 0. The van der Waals surface area contributed by atoms with Gasteiger partial charge in [0.15, 0.2) is 0 Å². The second-order valence-electron chi connectivity index (χ2n) is 6.92. The van der Waals surface area contributed by atoms with E-state index in [-0.39, 0.29) is 13.0 Å². The van der Waals surface area contributed by atoms with Gasteiger partial charge in [-0.05, 0) is 11.6 Å². The molecule has 2 rings (SSSR count). The van der Waals surface area contributed by atoms with E-state index in [0.717, 1.165) is 16.5 Å². The number of primary amides is 1. The summed E-state index contributed by atoms with van der Waals surface area (Å²) < 4.78 is 5.43. The van der Waals surface area contributed by atoms with Crippen LogP contribution in [0.3, 0.4) is 0 Å². The highest BCUT2D eigenvalue weighted by Crippen LogP contribution is 2.38. The highest BCUT2D eigenvalue weighted by molar-refractivity contribution is 5.90. The van der Waals surface area contributed by atoms with Crippen LogP contribution in [0.15, 0.2) is 30.5 Å². The lowest BCUT2D eigenvalue weighted by Crippen LogP contribution is -2.60. The molecule has 0 aliphatic carbocycles. The Morgan fingerprint density at radius 2 is 2.00 bits per heavy atom. The zero-order valence-electron chi connectivity index (χ0n) is 14.7.